The number of nitro groups is 1. The zero-order valence-electron chi connectivity index (χ0n) is 23.7. The number of carbonyl (C=O) groups excluding carboxylic acids is 2. The lowest BCUT2D eigenvalue weighted by Crippen LogP contribution is -2.29. The molecule has 0 N–H and O–H groups in total. The number of nitrogens with zero attached hydrogens (tertiary/aromatic N) is 2. The fourth-order valence-electron chi connectivity index (χ4n) is 5.09. The van der Waals surface area contributed by atoms with Crippen molar-refractivity contribution in [2.45, 2.75) is 64.2 Å². The van der Waals surface area contributed by atoms with Crippen LogP contribution in [-0.4, -0.2) is 56.6 Å². The van der Waals surface area contributed by atoms with Crippen molar-refractivity contribution in [1.82, 2.24) is 0 Å². The predicted octanol–water partition coefficient (Wildman–Crippen LogP) is 5.72. The smallest absolute Gasteiger partial charge is 0.334 e. The molecule has 0 radical (unpaired) electrons. The average Bonchev–Trinajstić information content (AvgIpc) is 3.23. The molecule has 0 saturated heterocycles. The number of carbonyl (C=O) groups is 2. The number of benzene rings is 2. The summed E-state index contributed by atoms with van der Waals surface area (Å²) >= 11 is 0. The van der Waals surface area contributed by atoms with Gasteiger partial charge in [-0.15, -0.1) is 0 Å². The molecule has 2 aromatic rings. The van der Waals surface area contributed by atoms with Gasteiger partial charge in [-0.1, -0.05) is 31.1 Å². The first-order valence-electron chi connectivity index (χ1n) is 13.7. The van der Waals surface area contributed by atoms with E-state index in [4.69, 9.17) is 19.0 Å². The average molecular weight is 555 g/mol. The standard InChI is InChI=1S/C30H38N2O8/c1-5-16-39-29(34)9-7-8-27(31-40-28(33)6-2)21-10-12-23-24-13-11-22(32(35)36)20-26(24)30(14-17-37-3,15-18-38-4)25(23)19-21/h10-13,19-20H,5-9,14-18H2,1-4H3/b31-27-. The molecule has 0 saturated carbocycles. The second-order valence-corrected chi connectivity index (χ2v) is 9.74. The summed E-state index contributed by atoms with van der Waals surface area (Å²) < 4.78 is 16.1. The molecule has 0 spiro atoms. The second kappa shape index (κ2) is 14.7. The molecule has 0 bridgehead atoms. The minimum absolute atomic E-state index is 0.0228. The third kappa shape index (κ3) is 7.11. The van der Waals surface area contributed by atoms with E-state index in [2.05, 4.69) is 5.16 Å². The van der Waals surface area contributed by atoms with Crippen LogP contribution in [0.2, 0.25) is 0 Å². The largest absolute Gasteiger partial charge is 0.466 e. The van der Waals surface area contributed by atoms with Gasteiger partial charge in [-0.3, -0.25) is 14.9 Å². The van der Waals surface area contributed by atoms with Crippen LogP contribution in [0.4, 0.5) is 5.69 Å². The van der Waals surface area contributed by atoms with Crippen LogP contribution < -0.4 is 0 Å². The number of non-ortho nitro benzene ring substituents is 1. The highest BCUT2D eigenvalue weighted by atomic mass is 16.7. The Kier molecular flexibility index (Phi) is 11.3. The summed E-state index contributed by atoms with van der Waals surface area (Å²) in [5.74, 6) is -0.744. The van der Waals surface area contributed by atoms with Crippen molar-refractivity contribution in [3.63, 3.8) is 0 Å². The number of esters is 1. The van der Waals surface area contributed by atoms with Gasteiger partial charge in [-0.25, -0.2) is 4.79 Å². The minimum atomic E-state index is -0.603. The van der Waals surface area contributed by atoms with Gasteiger partial charge in [0.1, 0.15) is 0 Å². The number of methoxy groups -OCH3 is 2. The lowest BCUT2D eigenvalue weighted by molar-refractivity contribution is -0.384. The predicted molar refractivity (Wildman–Crippen MR) is 150 cm³/mol. The Hall–Kier alpha value is -3.63. The van der Waals surface area contributed by atoms with Gasteiger partial charge in [0.2, 0.25) is 0 Å². The molecule has 0 aromatic heterocycles. The van der Waals surface area contributed by atoms with E-state index >= 15 is 0 Å². The van der Waals surface area contributed by atoms with Gasteiger partial charge in [-0.2, -0.15) is 0 Å². The molecule has 2 aromatic carbocycles. The van der Waals surface area contributed by atoms with Gasteiger partial charge in [0.25, 0.3) is 5.69 Å². The van der Waals surface area contributed by atoms with Crippen molar-refractivity contribution in [2.24, 2.45) is 5.16 Å². The van der Waals surface area contributed by atoms with Crippen LogP contribution in [-0.2, 0) is 34.1 Å². The second-order valence-electron chi connectivity index (χ2n) is 9.74. The summed E-state index contributed by atoms with van der Waals surface area (Å²) in [6, 6.07) is 10.9. The minimum Gasteiger partial charge on any atom is -0.466 e. The molecule has 1 aliphatic carbocycles. The van der Waals surface area contributed by atoms with Crippen molar-refractivity contribution in [1.29, 1.82) is 0 Å². The molecule has 10 heteroatoms. The quantitative estimate of drug-likeness (QED) is 0.0848. The first-order valence-corrected chi connectivity index (χ1v) is 13.7. The van der Waals surface area contributed by atoms with E-state index in [-0.39, 0.29) is 29.4 Å². The molecule has 0 amide bonds. The van der Waals surface area contributed by atoms with Crippen molar-refractivity contribution in [3.8, 4) is 11.1 Å². The summed E-state index contributed by atoms with van der Waals surface area (Å²) in [5.41, 5.74) is 4.42. The zero-order chi connectivity index (χ0) is 29.1. The molecule has 40 heavy (non-hydrogen) atoms. The first kappa shape index (κ1) is 30.9. The van der Waals surface area contributed by atoms with Gasteiger partial charge in [0, 0.05) is 57.8 Å². The Bertz CT molecular complexity index is 1230. The van der Waals surface area contributed by atoms with Crippen LogP contribution in [0, 0.1) is 10.1 Å². The topological polar surface area (TPSA) is 127 Å². The molecule has 0 fully saturated rings. The number of oxime groups is 1. The maximum atomic E-state index is 12.1. The Morgan fingerprint density at radius 1 is 0.900 bits per heavy atom. The summed E-state index contributed by atoms with van der Waals surface area (Å²) in [7, 11) is 3.26. The number of hydrogen-bond acceptors (Lipinski definition) is 9. The molecule has 0 aliphatic heterocycles. The van der Waals surface area contributed by atoms with E-state index in [9.17, 15) is 19.7 Å². The molecule has 0 atom stereocenters. The summed E-state index contributed by atoms with van der Waals surface area (Å²) in [6.45, 7) is 4.87. The van der Waals surface area contributed by atoms with Crippen LogP contribution in [0.1, 0.15) is 75.5 Å². The van der Waals surface area contributed by atoms with Crippen molar-refractivity contribution in [2.75, 3.05) is 34.0 Å². The van der Waals surface area contributed by atoms with Crippen LogP contribution in [0.3, 0.4) is 0 Å². The van der Waals surface area contributed by atoms with Crippen LogP contribution in [0.25, 0.3) is 11.1 Å². The third-order valence-corrected chi connectivity index (χ3v) is 7.16. The molecule has 3 rings (SSSR count). The van der Waals surface area contributed by atoms with Gasteiger partial charge < -0.3 is 19.0 Å². The lowest BCUT2D eigenvalue weighted by Gasteiger charge is -2.32. The Balaban J connectivity index is 2.08. The van der Waals surface area contributed by atoms with Gasteiger partial charge in [0.05, 0.1) is 17.2 Å². The Morgan fingerprint density at radius 3 is 2.15 bits per heavy atom. The summed E-state index contributed by atoms with van der Waals surface area (Å²) in [6.07, 6.45) is 3.16. The van der Waals surface area contributed by atoms with E-state index in [0.717, 1.165) is 34.2 Å². The molecular weight excluding hydrogens is 516 g/mol. The Morgan fingerprint density at radius 2 is 1.55 bits per heavy atom. The van der Waals surface area contributed by atoms with Gasteiger partial charge in [0.15, 0.2) is 0 Å². The molecule has 216 valence electrons. The highest BCUT2D eigenvalue weighted by Crippen LogP contribution is 2.54. The van der Waals surface area contributed by atoms with Crippen LogP contribution in [0.15, 0.2) is 41.6 Å². The number of rotatable bonds is 16. The normalized spacial score (nSPS) is 13.4. The maximum Gasteiger partial charge on any atom is 0.334 e. The monoisotopic (exact) mass is 554 g/mol. The fraction of sp³-hybridized carbons (Fsp3) is 0.500. The van der Waals surface area contributed by atoms with E-state index in [1.165, 1.54) is 6.07 Å². The number of nitro benzene ring substituents is 1. The highest BCUT2D eigenvalue weighted by Gasteiger charge is 2.43. The number of ether oxygens (including phenoxy) is 3. The molecule has 0 heterocycles. The van der Waals surface area contributed by atoms with E-state index in [0.29, 0.717) is 51.2 Å². The fourth-order valence-corrected chi connectivity index (χ4v) is 5.09. The first-order chi connectivity index (χ1) is 19.3. The number of hydrogen-bond donors (Lipinski definition) is 0. The van der Waals surface area contributed by atoms with Gasteiger partial charge >= 0.3 is 11.9 Å². The van der Waals surface area contributed by atoms with E-state index in [1.807, 2.05) is 25.1 Å². The SMILES string of the molecule is CCCOC(=O)CCC/C(=N/OC(=O)CC)c1ccc2c(c1)C(CCOC)(CCOC)c1cc([N+](=O)[O-])ccc1-2. The molecule has 1 aliphatic rings. The molecular formula is C30H38N2O8. The van der Waals surface area contributed by atoms with Crippen LogP contribution in [0.5, 0.6) is 0 Å². The lowest BCUT2D eigenvalue weighted by atomic mass is 9.72. The van der Waals surface area contributed by atoms with Crippen molar-refractivity contribution in [3.05, 3.63) is 63.2 Å². The Labute approximate surface area is 234 Å². The molecule has 10 nitrogen and oxygen atoms in total. The van der Waals surface area contributed by atoms with Crippen LogP contribution >= 0.6 is 0 Å². The van der Waals surface area contributed by atoms with E-state index in [1.54, 1.807) is 33.3 Å². The molecule has 0 unspecified atom stereocenters. The summed E-state index contributed by atoms with van der Waals surface area (Å²) in [5, 5.41) is 15.9. The number of fused-ring (bicyclic) bond motifs is 3. The van der Waals surface area contributed by atoms with Crippen molar-refractivity contribution < 1.29 is 33.6 Å². The summed E-state index contributed by atoms with van der Waals surface area (Å²) in [4.78, 5) is 40.4. The van der Waals surface area contributed by atoms with E-state index < -0.39 is 11.4 Å². The van der Waals surface area contributed by atoms with Crippen molar-refractivity contribution >= 4 is 23.3 Å². The third-order valence-electron chi connectivity index (χ3n) is 7.16. The van der Waals surface area contributed by atoms with Gasteiger partial charge in [-0.05, 0) is 72.1 Å². The highest BCUT2D eigenvalue weighted by molar-refractivity contribution is 6.02. The maximum absolute atomic E-state index is 12.1. The zero-order valence-corrected chi connectivity index (χ0v) is 23.7.